The maximum Gasteiger partial charge on any atom is 0.244 e. The molecule has 1 fully saturated rings. The summed E-state index contributed by atoms with van der Waals surface area (Å²) in [4.78, 5) is 16.7. The van der Waals surface area contributed by atoms with Gasteiger partial charge in [0.25, 0.3) is 0 Å². The van der Waals surface area contributed by atoms with Crippen LogP contribution in [-0.2, 0) is 14.8 Å². The van der Waals surface area contributed by atoms with Crippen LogP contribution in [-0.4, -0.2) is 42.9 Å². The number of aromatic nitrogens is 1. The SMILES string of the molecule is Cc1ccccc1S(=O)(=O)N1CCCC(C(=O)NN=Cc2cccnc2)C1. The molecule has 27 heavy (non-hydrogen) atoms. The minimum absolute atomic E-state index is 0.158. The van der Waals surface area contributed by atoms with Crippen LogP contribution in [0.3, 0.4) is 0 Å². The van der Waals surface area contributed by atoms with E-state index in [-0.39, 0.29) is 12.5 Å². The molecule has 2 aromatic rings. The van der Waals surface area contributed by atoms with Crippen LogP contribution in [0, 0.1) is 12.8 Å². The zero-order valence-corrected chi connectivity index (χ0v) is 15.9. The number of hydrogen-bond acceptors (Lipinski definition) is 5. The standard InChI is InChI=1S/C19H22N4O3S/c1-15-6-2-3-9-18(15)27(25,26)23-11-5-8-17(14-23)19(24)22-21-13-16-7-4-10-20-12-16/h2-4,6-7,9-10,12-13,17H,5,8,11,14H2,1H3,(H,22,24). The smallest absolute Gasteiger partial charge is 0.244 e. The average molecular weight is 386 g/mol. The molecule has 0 bridgehead atoms. The van der Waals surface area contributed by atoms with E-state index in [0.29, 0.717) is 29.8 Å². The van der Waals surface area contributed by atoms with Crippen molar-refractivity contribution >= 4 is 22.1 Å². The van der Waals surface area contributed by atoms with Gasteiger partial charge in [-0.05, 0) is 37.5 Å². The van der Waals surface area contributed by atoms with Gasteiger partial charge in [0.2, 0.25) is 15.9 Å². The van der Waals surface area contributed by atoms with E-state index in [9.17, 15) is 13.2 Å². The first-order valence-corrected chi connectivity index (χ1v) is 10.2. The highest BCUT2D eigenvalue weighted by Gasteiger charge is 2.33. The summed E-state index contributed by atoms with van der Waals surface area (Å²) in [6.45, 7) is 2.35. The molecule has 0 aliphatic carbocycles. The molecule has 1 saturated heterocycles. The van der Waals surface area contributed by atoms with Crippen molar-refractivity contribution < 1.29 is 13.2 Å². The molecule has 1 aliphatic rings. The summed E-state index contributed by atoms with van der Waals surface area (Å²) in [6, 6.07) is 10.5. The molecule has 1 aromatic carbocycles. The second kappa shape index (κ2) is 8.41. The van der Waals surface area contributed by atoms with Crippen LogP contribution in [0.5, 0.6) is 0 Å². The lowest BCUT2D eigenvalue weighted by molar-refractivity contribution is -0.126. The molecule has 0 spiro atoms. The Bertz CT molecular complexity index is 929. The number of hydrazone groups is 1. The molecule has 1 amide bonds. The molecular formula is C19H22N4O3S. The minimum atomic E-state index is -3.62. The van der Waals surface area contributed by atoms with Gasteiger partial charge in [-0.3, -0.25) is 9.78 Å². The second-order valence-corrected chi connectivity index (χ2v) is 8.39. The van der Waals surface area contributed by atoms with E-state index in [1.807, 2.05) is 6.07 Å². The molecule has 0 radical (unpaired) electrons. The summed E-state index contributed by atoms with van der Waals surface area (Å²) < 4.78 is 27.3. The molecule has 3 rings (SSSR count). The van der Waals surface area contributed by atoms with Gasteiger partial charge in [-0.2, -0.15) is 9.41 Å². The number of carbonyl (C=O) groups is 1. The summed E-state index contributed by atoms with van der Waals surface area (Å²) in [5, 5.41) is 3.94. The number of hydrogen-bond donors (Lipinski definition) is 1. The lowest BCUT2D eigenvalue weighted by Gasteiger charge is -2.31. The van der Waals surface area contributed by atoms with E-state index < -0.39 is 15.9 Å². The monoisotopic (exact) mass is 386 g/mol. The van der Waals surface area contributed by atoms with E-state index in [2.05, 4.69) is 15.5 Å². The fraction of sp³-hybridized carbons (Fsp3) is 0.316. The lowest BCUT2D eigenvalue weighted by Crippen LogP contribution is -2.44. The van der Waals surface area contributed by atoms with Gasteiger partial charge >= 0.3 is 0 Å². The van der Waals surface area contributed by atoms with Gasteiger partial charge in [0.05, 0.1) is 17.0 Å². The Morgan fingerprint density at radius 1 is 1.30 bits per heavy atom. The van der Waals surface area contributed by atoms with Gasteiger partial charge in [0, 0.05) is 31.0 Å². The van der Waals surface area contributed by atoms with Gasteiger partial charge in [-0.1, -0.05) is 24.3 Å². The van der Waals surface area contributed by atoms with Gasteiger partial charge in [-0.25, -0.2) is 13.8 Å². The van der Waals surface area contributed by atoms with Crippen LogP contribution in [0.15, 0.2) is 58.8 Å². The molecule has 1 unspecified atom stereocenters. The zero-order valence-electron chi connectivity index (χ0n) is 15.1. The molecule has 142 valence electrons. The number of nitrogens with zero attached hydrogens (tertiary/aromatic N) is 3. The number of sulfonamides is 1. The van der Waals surface area contributed by atoms with Gasteiger partial charge in [0.1, 0.15) is 0 Å². The first-order chi connectivity index (χ1) is 13.0. The maximum absolute atomic E-state index is 12.9. The normalized spacial score (nSPS) is 18.5. The molecule has 1 aromatic heterocycles. The third kappa shape index (κ3) is 4.58. The van der Waals surface area contributed by atoms with Gasteiger partial charge in [-0.15, -0.1) is 0 Å². The second-order valence-electron chi connectivity index (χ2n) is 6.49. The van der Waals surface area contributed by atoms with E-state index in [1.165, 1.54) is 10.5 Å². The Kier molecular flexibility index (Phi) is 5.98. The lowest BCUT2D eigenvalue weighted by atomic mass is 9.99. The van der Waals surface area contributed by atoms with Crippen molar-refractivity contribution in [1.82, 2.24) is 14.7 Å². The van der Waals surface area contributed by atoms with Crippen molar-refractivity contribution in [2.45, 2.75) is 24.7 Å². The van der Waals surface area contributed by atoms with E-state index >= 15 is 0 Å². The van der Waals surface area contributed by atoms with Crippen molar-refractivity contribution in [3.05, 3.63) is 59.9 Å². The van der Waals surface area contributed by atoms with Crippen LogP contribution < -0.4 is 5.43 Å². The summed E-state index contributed by atoms with van der Waals surface area (Å²) in [6.07, 6.45) is 6.06. The maximum atomic E-state index is 12.9. The largest absolute Gasteiger partial charge is 0.273 e. The molecule has 1 N–H and O–H groups in total. The number of benzene rings is 1. The molecule has 1 atom stereocenters. The topological polar surface area (TPSA) is 91.7 Å². The van der Waals surface area contributed by atoms with Crippen LogP contribution >= 0.6 is 0 Å². The summed E-state index contributed by atoms with van der Waals surface area (Å²) in [5.41, 5.74) is 3.97. The number of nitrogens with one attached hydrogen (secondary N) is 1. The van der Waals surface area contributed by atoms with Crippen LogP contribution in [0.25, 0.3) is 0 Å². The molecule has 8 heteroatoms. The van der Waals surface area contributed by atoms with Crippen molar-refractivity contribution in [3.63, 3.8) is 0 Å². The third-order valence-electron chi connectivity index (χ3n) is 4.54. The summed E-state index contributed by atoms with van der Waals surface area (Å²) in [5.74, 6) is -0.705. The Hall–Kier alpha value is -2.58. The van der Waals surface area contributed by atoms with E-state index in [0.717, 1.165) is 5.56 Å². The fourth-order valence-electron chi connectivity index (χ4n) is 3.07. The number of amides is 1. The molecule has 2 heterocycles. The highest BCUT2D eigenvalue weighted by atomic mass is 32.2. The highest BCUT2D eigenvalue weighted by molar-refractivity contribution is 7.89. The van der Waals surface area contributed by atoms with Gasteiger partial charge in [0.15, 0.2) is 0 Å². The minimum Gasteiger partial charge on any atom is -0.273 e. The average Bonchev–Trinajstić information content (AvgIpc) is 2.69. The van der Waals surface area contributed by atoms with Crippen LogP contribution in [0.1, 0.15) is 24.0 Å². The predicted molar refractivity (Wildman–Crippen MR) is 103 cm³/mol. The zero-order chi connectivity index (χ0) is 19.3. The first-order valence-electron chi connectivity index (χ1n) is 8.77. The fourth-order valence-corrected chi connectivity index (χ4v) is 4.82. The predicted octanol–water partition coefficient (Wildman–Crippen LogP) is 1.94. The van der Waals surface area contributed by atoms with E-state index in [4.69, 9.17) is 0 Å². The van der Waals surface area contributed by atoms with E-state index in [1.54, 1.807) is 49.6 Å². The van der Waals surface area contributed by atoms with Crippen molar-refractivity contribution in [3.8, 4) is 0 Å². The number of rotatable bonds is 5. The Morgan fingerprint density at radius 2 is 2.11 bits per heavy atom. The first kappa shape index (κ1) is 19.2. The number of carbonyl (C=O) groups excluding carboxylic acids is 1. The van der Waals surface area contributed by atoms with Crippen molar-refractivity contribution in [1.29, 1.82) is 0 Å². The van der Waals surface area contributed by atoms with Crippen molar-refractivity contribution in [2.75, 3.05) is 13.1 Å². The number of pyridine rings is 1. The molecule has 7 nitrogen and oxygen atoms in total. The Labute approximate surface area is 159 Å². The molecular weight excluding hydrogens is 364 g/mol. The Balaban J connectivity index is 1.66. The number of piperidine rings is 1. The van der Waals surface area contributed by atoms with Crippen LogP contribution in [0.4, 0.5) is 0 Å². The van der Waals surface area contributed by atoms with Crippen LogP contribution in [0.2, 0.25) is 0 Å². The quantitative estimate of drug-likeness (QED) is 0.628. The molecule has 1 aliphatic heterocycles. The Morgan fingerprint density at radius 3 is 2.85 bits per heavy atom. The third-order valence-corrected chi connectivity index (χ3v) is 6.56. The molecule has 0 saturated carbocycles. The van der Waals surface area contributed by atoms with Crippen molar-refractivity contribution in [2.24, 2.45) is 11.0 Å². The summed E-state index contributed by atoms with van der Waals surface area (Å²) in [7, 11) is -3.62. The van der Waals surface area contributed by atoms with Gasteiger partial charge < -0.3 is 0 Å². The highest BCUT2D eigenvalue weighted by Crippen LogP contribution is 2.25. The number of aryl methyl sites for hydroxylation is 1. The summed E-state index contributed by atoms with van der Waals surface area (Å²) >= 11 is 0.